The van der Waals surface area contributed by atoms with E-state index in [0.29, 0.717) is 16.3 Å². The molecule has 1 aromatic carbocycles. The number of aromatic amines is 1. The average Bonchev–Trinajstić information content (AvgIpc) is 2.54. The Hall–Kier alpha value is -1.06. The molecule has 1 saturated carbocycles. The molecule has 0 spiro atoms. The van der Waals surface area contributed by atoms with Crippen molar-refractivity contribution in [1.29, 1.82) is 0 Å². The number of halogens is 2. The van der Waals surface area contributed by atoms with Crippen molar-refractivity contribution in [3.05, 3.63) is 66.5 Å². The van der Waals surface area contributed by atoms with Crippen LogP contribution in [0.2, 0.25) is 5.02 Å². The molecule has 1 heterocycles. The number of rotatable bonds is 2. The number of H-pyrrole nitrogens is 1. The Morgan fingerprint density at radius 3 is 2.17 bits per heavy atom. The van der Waals surface area contributed by atoms with E-state index in [0.717, 1.165) is 47.7 Å². The van der Waals surface area contributed by atoms with Gasteiger partial charge in [0, 0.05) is 22.0 Å². The largest absolute Gasteiger partial charge is 0.361 e. The smallest absolute Gasteiger partial charge is 0.199 e. The molecule has 0 atom stereocenters. The third kappa shape index (κ3) is 3.41. The maximum atomic E-state index is 12.6. The van der Waals surface area contributed by atoms with Gasteiger partial charge in [0.1, 0.15) is 0 Å². The molecule has 2 aromatic rings. The van der Waals surface area contributed by atoms with Crippen molar-refractivity contribution in [3.63, 3.8) is 0 Å². The van der Waals surface area contributed by atoms with Crippen molar-refractivity contribution in [2.45, 2.75) is 51.4 Å². The van der Waals surface area contributed by atoms with Crippen molar-refractivity contribution in [3.8, 4) is 0 Å². The van der Waals surface area contributed by atoms with Crippen molar-refractivity contribution < 1.29 is 0 Å². The highest BCUT2D eigenvalue weighted by atomic mass is 79.9. The SMILES string of the molecule is Cc1[nH]c(C)c([C@H]2CC[C@H](c3ccc(Cl)cc3)CC2)c(=O)c1Br. The van der Waals surface area contributed by atoms with Gasteiger partial charge in [-0.2, -0.15) is 0 Å². The topological polar surface area (TPSA) is 32.9 Å². The summed E-state index contributed by atoms with van der Waals surface area (Å²) in [6, 6.07) is 8.20. The fourth-order valence-electron chi connectivity index (χ4n) is 3.80. The quantitative estimate of drug-likeness (QED) is 0.681. The van der Waals surface area contributed by atoms with Gasteiger partial charge in [0.15, 0.2) is 5.43 Å². The van der Waals surface area contributed by atoms with Gasteiger partial charge in [0.05, 0.1) is 4.47 Å². The lowest BCUT2D eigenvalue weighted by molar-refractivity contribution is 0.393. The number of benzene rings is 1. The molecule has 122 valence electrons. The molecule has 0 bridgehead atoms. The number of aromatic nitrogens is 1. The summed E-state index contributed by atoms with van der Waals surface area (Å²) in [5.74, 6) is 0.941. The van der Waals surface area contributed by atoms with Crippen LogP contribution in [-0.4, -0.2) is 4.98 Å². The van der Waals surface area contributed by atoms with Crippen LogP contribution in [0.25, 0.3) is 0 Å². The monoisotopic (exact) mass is 393 g/mol. The van der Waals surface area contributed by atoms with Crippen LogP contribution < -0.4 is 5.43 Å². The Bertz CT molecular complexity index is 758. The summed E-state index contributed by atoms with van der Waals surface area (Å²) in [4.78, 5) is 15.9. The highest BCUT2D eigenvalue weighted by Crippen LogP contribution is 2.40. The standard InChI is InChI=1S/C19H21BrClNO/c1-11-17(19(23)18(20)12(2)22-11)15-5-3-13(4-6-15)14-7-9-16(21)10-8-14/h7-10,13,15H,3-6H2,1-2H3,(H,22,23)/t13-,15-. The van der Waals surface area contributed by atoms with Crippen LogP contribution in [0.15, 0.2) is 33.5 Å². The van der Waals surface area contributed by atoms with Crippen LogP contribution in [0.5, 0.6) is 0 Å². The molecule has 0 amide bonds. The molecule has 1 aliphatic carbocycles. The number of hydrogen-bond donors (Lipinski definition) is 1. The Labute approximate surface area is 150 Å². The second-order valence-electron chi connectivity index (χ2n) is 6.53. The first-order valence-corrected chi connectivity index (χ1v) is 9.28. The molecule has 1 N–H and O–H groups in total. The summed E-state index contributed by atoms with van der Waals surface area (Å²) in [5, 5.41) is 0.786. The lowest BCUT2D eigenvalue weighted by atomic mass is 9.76. The maximum absolute atomic E-state index is 12.6. The summed E-state index contributed by atoms with van der Waals surface area (Å²) >= 11 is 9.40. The van der Waals surface area contributed by atoms with Gasteiger partial charge in [-0.05, 0) is 85.0 Å². The van der Waals surface area contributed by atoms with Crippen LogP contribution in [-0.2, 0) is 0 Å². The fourth-order valence-corrected chi connectivity index (χ4v) is 4.24. The van der Waals surface area contributed by atoms with Gasteiger partial charge in [-0.3, -0.25) is 4.79 Å². The van der Waals surface area contributed by atoms with E-state index < -0.39 is 0 Å². The molecule has 2 nitrogen and oxygen atoms in total. The van der Waals surface area contributed by atoms with Gasteiger partial charge in [0.25, 0.3) is 0 Å². The van der Waals surface area contributed by atoms with Crippen molar-refractivity contribution in [2.75, 3.05) is 0 Å². The Balaban J connectivity index is 1.78. The molecule has 1 fully saturated rings. The van der Waals surface area contributed by atoms with E-state index in [4.69, 9.17) is 11.6 Å². The van der Waals surface area contributed by atoms with E-state index >= 15 is 0 Å². The molecule has 4 heteroatoms. The Morgan fingerprint density at radius 1 is 1.00 bits per heavy atom. The summed E-state index contributed by atoms with van der Waals surface area (Å²) < 4.78 is 0.679. The van der Waals surface area contributed by atoms with E-state index in [1.807, 2.05) is 26.0 Å². The van der Waals surface area contributed by atoms with E-state index in [2.05, 4.69) is 33.0 Å². The Kier molecular flexibility index (Phi) is 4.98. The predicted molar refractivity (Wildman–Crippen MR) is 99.6 cm³/mol. The van der Waals surface area contributed by atoms with Gasteiger partial charge in [-0.15, -0.1) is 0 Å². The summed E-state index contributed by atoms with van der Waals surface area (Å²) in [6.45, 7) is 3.95. The fraction of sp³-hybridized carbons (Fsp3) is 0.421. The lowest BCUT2D eigenvalue weighted by Crippen LogP contribution is -2.22. The highest BCUT2D eigenvalue weighted by Gasteiger charge is 2.27. The third-order valence-corrected chi connectivity index (χ3v) is 6.24. The van der Waals surface area contributed by atoms with E-state index in [-0.39, 0.29) is 5.43 Å². The minimum absolute atomic E-state index is 0.161. The average molecular weight is 395 g/mol. The summed E-state index contributed by atoms with van der Waals surface area (Å²) in [7, 11) is 0. The molecule has 1 aromatic heterocycles. The predicted octanol–water partition coefficient (Wildman–Crippen LogP) is 5.85. The zero-order chi connectivity index (χ0) is 16.6. The molecular formula is C19H21BrClNO. The van der Waals surface area contributed by atoms with Gasteiger partial charge in [0.2, 0.25) is 0 Å². The summed E-state index contributed by atoms with van der Waals surface area (Å²) in [5.41, 5.74) is 4.42. The molecule has 0 radical (unpaired) electrons. The summed E-state index contributed by atoms with van der Waals surface area (Å²) in [6.07, 6.45) is 4.37. The second kappa shape index (κ2) is 6.82. The maximum Gasteiger partial charge on any atom is 0.199 e. The zero-order valence-electron chi connectivity index (χ0n) is 13.5. The Morgan fingerprint density at radius 2 is 1.57 bits per heavy atom. The minimum atomic E-state index is 0.161. The van der Waals surface area contributed by atoms with Crippen LogP contribution in [0, 0.1) is 13.8 Å². The number of nitrogens with one attached hydrogen (secondary N) is 1. The van der Waals surface area contributed by atoms with E-state index in [9.17, 15) is 4.79 Å². The molecule has 0 aliphatic heterocycles. The number of pyridine rings is 1. The van der Waals surface area contributed by atoms with Crippen molar-refractivity contribution in [1.82, 2.24) is 4.98 Å². The van der Waals surface area contributed by atoms with Crippen molar-refractivity contribution >= 4 is 27.5 Å². The number of aryl methyl sites for hydroxylation is 2. The first-order chi connectivity index (χ1) is 11.0. The van der Waals surface area contributed by atoms with Crippen LogP contribution in [0.4, 0.5) is 0 Å². The molecule has 23 heavy (non-hydrogen) atoms. The molecular weight excluding hydrogens is 374 g/mol. The van der Waals surface area contributed by atoms with Crippen LogP contribution in [0.3, 0.4) is 0 Å². The minimum Gasteiger partial charge on any atom is -0.361 e. The molecule has 0 saturated heterocycles. The van der Waals surface area contributed by atoms with Gasteiger partial charge in [-0.25, -0.2) is 0 Å². The first-order valence-electron chi connectivity index (χ1n) is 8.11. The second-order valence-corrected chi connectivity index (χ2v) is 7.76. The highest BCUT2D eigenvalue weighted by molar-refractivity contribution is 9.10. The van der Waals surface area contributed by atoms with Gasteiger partial charge >= 0.3 is 0 Å². The zero-order valence-corrected chi connectivity index (χ0v) is 15.8. The lowest BCUT2D eigenvalue weighted by Gasteiger charge is -2.29. The van der Waals surface area contributed by atoms with Crippen LogP contribution in [0.1, 0.15) is 60.0 Å². The van der Waals surface area contributed by atoms with Gasteiger partial charge < -0.3 is 4.98 Å². The third-order valence-electron chi connectivity index (χ3n) is 5.03. The normalized spacial score (nSPS) is 21.4. The van der Waals surface area contributed by atoms with Gasteiger partial charge in [-0.1, -0.05) is 23.7 Å². The molecule has 0 unspecified atom stereocenters. The van der Waals surface area contributed by atoms with E-state index in [1.165, 1.54) is 5.56 Å². The van der Waals surface area contributed by atoms with Crippen LogP contribution >= 0.6 is 27.5 Å². The first kappa shape index (κ1) is 16.8. The number of hydrogen-bond acceptors (Lipinski definition) is 1. The van der Waals surface area contributed by atoms with Crippen molar-refractivity contribution in [2.24, 2.45) is 0 Å². The molecule has 1 aliphatic rings. The molecule has 3 rings (SSSR count). The van der Waals surface area contributed by atoms with E-state index in [1.54, 1.807) is 0 Å².